The van der Waals surface area contributed by atoms with E-state index in [1.54, 1.807) is 0 Å². The van der Waals surface area contributed by atoms with Crippen molar-refractivity contribution in [2.24, 2.45) is 0 Å². The molecule has 0 aromatic carbocycles. The van der Waals surface area contributed by atoms with Gasteiger partial charge in [-0.1, -0.05) is 10.6 Å². The van der Waals surface area contributed by atoms with Gasteiger partial charge in [-0.3, -0.25) is 0 Å². The van der Waals surface area contributed by atoms with Crippen molar-refractivity contribution in [3.63, 3.8) is 0 Å². The molecule has 0 amide bonds. The molecule has 0 bridgehead atoms. The van der Waals surface area contributed by atoms with Crippen molar-refractivity contribution in [2.45, 2.75) is 0 Å². The second-order valence-electron chi connectivity index (χ2n) is 0.500. The van der Waals surface area contributed by atoms with Gasteiger partial charge in [0.25, 0.3) is 0 Å². The van der Waals surface area contributed by atoms with Gasteiger partial charge in [0.1, 0.15) is 0 Å². The number of carboxylic acid groups (broad SMARTS) is 2. The first-order chi connectivity index (χ1) is 3.46. The molecule has 0 fully saturated rings. The first-order valence-corrected chi connectivity index (χ1v) is 2.04. The summed E-state index contributed by atoms with van der Waals surface area (Å²) in [5.74, 6) is 0. The fraction of sp³-hybridized carbons (Fsp3) is 0. The number of carbonyl (C=O) groups excluding carboxylic acids is 2. The van der Waals surface area contributed by atoms with Crippen LogP contribution < -0.4 is 10.2 Å². The Labute approximate surface area is 88.4 Å². The summed E-state index contributed by atoms with van der Waals surface area (Å²) in [6.45, 7) is 0. The quantitative estimate of drug-likeness (QED) is 0.365. The maximum absolute atomic E-state index is 8.70. The van der Waals surface area contributed by atoms with Crippen molar-refractivity contribution in [1.29, 1.82) is 0 Å². The molecule has 0 aliphatic carbocycles. The molecule has 0 saturated heterocycles. The minimum atomic E-state index is -1.50. The summed E-state index contributed by atoms with van der Waals surface area (Å²) in [5, 5.41) is 14.4. The molecule has 0 aliphatic heterocycles. The van der Waals surface area contributed by atoms with Crippen LogP contribution in [0.25, 0.3) is 0 Å². The second-order valence-corrected chi connectivity index (χ2v) is 1.17. The van der Waals surface area contributed by atoms with E-state index in [-0.39, 0.29) is 33.0 Å². The molecular formula is C2Ni2O4S2. The Kier molecular flexibility index (Phi) is 36.3. The molecule has 0 heterocycles. The number of carbonyl (C=O) groups is 2. The number of hydrogen-bond donors (Lipinski definition) is 0. The summed E-state index contributed by atoms with van der Waals surface area (Å²) in [7, 11) is 0. The molecule has 0 unspecified atom stereocenters. The SMILES string of the molecule is O=C([O-])[S-].O=C([O-])[S-].[Ni+2].[Ni+2]. The van der Waals surface area contributed by atoms with Crippen molar-refractivity contribution in [2.75, 3.05) is 0 Å². The molecule has 0 aromatic heterocycles. The minimum absolute atomic E-state index is 0. The molecule has 0 aromatic rings. The molecule has 10 heavy (non-hydrogen) atoms. The van der Waals surface area contributed by atoms with E-state index in [0.29, 0.717) is 0 Å². The van der Waals surface area contributed by atoms with Gasteiger partial charge in [-0.2, -0.15) is 0 Å². The molecule has 4 nitrogen and oxygen atoms in total. The van der Waals surface area contributed by atoms with E-state index >= 15 is 0 Å². The van der Waals surface area contributed by atoms with Crippen LogP contribution in [0.1, 0.15) is 0 Å². The van der Waals surface area contributed by atoms with Crippen LogP contribution in [-0.4, -0.2) is 10.6 Å². The van der Waals surface area contributed by atoms with Crippen LogP contribution in [0.15, 0.2) is 0 Å². The maximum Gasteiger partial charge on any atom is 2.00 e. The molecule has 0 N–H and O–H groups in total. The summed E-state index contributed by atoms with van der Waals surface area (Å²) in [6, 6.07) is 0. The van der Waals surface area contributed by atoms with Crippen molar-refractivity contribution in [3.8, 4) is 0 Å². The molecule has 0 radical (unpaired) electrons. The van der Waals surface area contributed by atoms with E-state index in [4.69, 9.17) is 19.8 Å². The molecule has 0 spiro atoms. The van der Waals surface area contributed by atoms with Crippen molar-refractivity contribution >= 4 is 35.9 Å². The summed E-state index contributed by atoms with van der Waals surface area (Å²) in [6.07, 6.45) is 0. The zero-order valence-corrected chi connectivity index (χ0v) is 7.69. The fourth-order valence-electron chi connectivity index (χ4n) is 0. The third-order valence-corrected chi connectivity index (χ3v) is 0. The number of hydrogen-bond acceptors (Lipinski definition) is 6. The first-order valence-electron chi connectivity index (χ1n) is 1.22. The first kappa shape index (κ1) is 22.4. The Morgan fingerprint density at radius 2 is 0.900 bits per heavy atom. The van der Waals surface area contributed by atoms with E-state index in [1.165, 1.54) is 0 Å². The molecule has 0 rings (SSSR count). The molecule has 8 heteroatoms. The zero-order chi connectivity index (χ0) is 7.15. The number of rotatable bonds is 0. The molecule has 0 aliphatic rings. The average molecular weight is 270 g/mol. The van der Waals surface area contributed by atoms with E-state index in [0.717, 1.165) is 0 Å². The maximum atomic E-state index is 8.70. The topological polar surface area (TPSA) is 80.3 Å². The Hall–Kier alpha value is 0.367. The van der Waals surface area contributed by atoms with Crippen molar-refractivity contribution < 1.29 is 52.8 Å². The standard InChI is InChI=1S/2CH2O2S.2Ni/c2*2-1(3)4;;/h2*4H,(H,2,3);;/q;;2*+2/p-4. The van der Waals surface area contributed by atoms with Gasteiger partial charge < -0.3 is 45.1 Å². The average Bonchev–Trinajstić information content (AvgIpc) is 1.25. The van der Waals surface area contributed by atoms with E-state index in [9.17, 15) is 0 Å². The fourth-order valence-corrected chi connectivity index (χ4v) is 0. The molecule has 64 valence electrons. The molecule has 0 saturated carbocycles. The predicted octanol–water partition coefficient (Wildman–Crippen LogP) is -2.25. The third-order valence-electron chi connectivity index (χ3n) is 0. The van der Waals surface area contributed by atoms with Crippen molar-refractivity contribution in [1.82, 2.24) is 0 Å². The van der Waals surface area contributed by atoms with Gasteiger partial charge in [-0.25, -0.2) is 0 Å². The van der Waals surface area contributed by atoms with Gasteiger partial charge in [-0.05, 0) is 0 Å². The van der Waals surface area contributed by atoms with Crippen LogP contribution in [0.5, 0.6) is 0 Å². The van der Waals surface area contributed by atoms with Gasteiger partial charge >= 0.3 is 33.0 Å². The van der Waals surface area contributed by atoms with Crippen LogP contribution >= 0.6 is 0 Å². The van der Waals surface area contributed by atoms with E-state index in [2.05, 4.69) is 25.3 Å². The summed E-state index contributed by atoms with van der Waals surface area (Å²) < 4.78 is 0. The van der Waals surface area contributed by atoms with Gasteiger partial charge in [-0.15, -0.1) is 0 Å². The van der Waals surface area contributed by atoms with Crippen LogP contribution in [0.3, 0.4) is 0 Å². The molecule has 0 atom stereocenters. The van der Waals surface area contributed by atoms with Crippen LogP contribution in [0.2, 0.25) is 0 Å². The third kappa shape index (κ3) is 3370. The minimum Gasteiger partial charge on any atom is -0.764 e. The van der Waals surface area contributed by atoms with Crippen molar-refractivity contribution in [3.05, 3.63) is 0 Å². The summed E-state index contributed by atoms with van der Waals surface area (Å²) in [4.78, 5) is 17.4. The van der Waals surface area contributed by atoms with Gasteiger partial charge in [0.2, 0.25) is 0 Å². The van der Waals surface area contributed by atoms with Gasteiger partial charge in [0.15, 0.2) is 0 Å². The molecular weight excluding hydrogens is 270 g/mol. The summed E-state index contributed by atoms with van der Waals surface area (Å²) >= 11 is 6.85. The normalized spacial score (nSPS) is 4.80. The zero-order valence-electron chi connectivity index (χ0n) is 4.08. The van der Waals surface area contributed by atoms with Gasteiger partial charge in [0.05, 0.1) is 0 Å². The Morgan fingerprint density at radius 3 is 0.900 bits per heavy atom. The summed E-state index contributed by atoms with van der Waals surface area (Å²) in [5.41, 5.74) is 0. The van der Waals surface area contributed by atoms with E-state index in [1.807, 2.05) is 0 Å². The van der Waals surface area contributed by atoms with Gasteiger partial charge in [0, 0.05) is 0 Å². The smallest absolute Gasteiger partial charge is 0.764 e. The predicted molar refractivity (Wildman–Crippen MR) is 25.5 cm³/mol. The van der Waals surface area contributed by atoms with E-state index < -0.39 is 10.6 Å². The Bertz CT molecular complexity index is 77.3. The Balaban J connectivity index is -0.0000000300. The van der Waals surface area contributed by atoms with Crippen LogP contribution in [0.4, 0.5) is 9.59 Å². The monoisotopic (exact) mass is 268 g/mol. The van der Waals surface area contributed by atoms with Crippen LogP contribution in [0, 0.1) is 0 Å². The van der Waals surface area contributed by atoms with Crippen LogP contribution in [-0.2, 0) is 58.2 Å². The Morgan fingerprint density at radius 1 is 0.900 bits per heavy atom. The largest absolute Gasteiger partial charge is 2.00 e. The second kappa shape index (κ2) is 16.2.